The van der Waals surface area contributed by atoms with E-state index in [9.17, 15) is 0 Å². The Morgan fingerprint density at radius 2 is 2.50 bits per heavy atom. The monoisotopic (exact) mass is 195 g/mol. The second-order valence-corrected chi connectivity index (χ2v) is 3.52. The molecule has 1 nitrogen and oxygen atoms in total. The van der Waals surface area contributed by atoms with Crippen molar-refractivity contribution in [2.24, 2.45) is 0 Å². The summed E-state index contributed by atoms with van der Waals surface area (Å²) < 4.78 is 0.584. The summed E-state index contributed by atoms with van der Waals surface area (Å²) in [5.74, 6) is 0. The van der Waals surface area contributed by atoms with E-state index in [-0.39, 0.29) is 0 Å². The molecule has 52 valence electrons. The van der Waals surface area contributed by atoms with Gasteiger partial charge in [0.05, 0.1) is 0 Å². The molecule has 0 saturated carbocycles. The van der Waals surface area contributed by atoms with Gasteiger partial charge < -0.3 is 0 Å². The Balaban J connectivity index is 2.75. The standard InChI is InChI=1S/C8H10AsN/c1-2-8(9)7-4-3-5-10-6-7/h3-6,8H,2H2,1H3. The van der Waals surface area contributed by atoms with Crippen molar-refractivity contribution < 1.29 is 0 Å². The molecule has 10 heavy (non-hydrogen) atoms. The first-order chi connectivity index (χ1) is 4.84. The van der Waals surface area contributed by atoms with Crippen LogP contribution in [0.4, 0.5) is 0 Å². The Morgan fingerprint density at radius 3 is 3.00 bits per heavy atom. The Hall–Kier alpha value is -0.292. The van der Waals surface area contributed by atoms with E-state index in [1.54, 1.807) is 6.20 Å². The van der Waals surface area contributed by atoms with Gasteiger partial charge in [0.25, 0.3) is 0 Å². The molecule has 1 aromatic heterocycles. The molecule has 0 aromatic carbocycles. The zero-order valence-electron chi connectivity index (χ0n) is 5.99. The SMILES string of the molecule is CCC([As])c1cccnc1. The number of hydrogen-bond acceptors (Lipinski definition) is 1. The average molecular weight is 195 g/mol. The van der Waals surface area contributed by atoms with Gasteiger partial charge in [-0.3, -0.25) is 0 Å². The molecule has 0 aliphatic heterocycles. The third kappa shape index (κ3) is 1.85. The summed E-state index contributed by atoms with van der Waals surface area (Å²) in [5.41, 5.74) is 1.31. The summed E-state index contributed by atoms with van der Waals surface area (Å²) in [6, 6.07) is 4.09. The average Bonchev–Trinajstić information content (AvgIpc) is 2.05. The number of nitrogens with zero attached hydrogens (tertiary/aromatic N) is 1. The van der Waals surface area contributed by atoms with Gasteiger partial charge in [0.2, 0.25) is 0 Å². The first-order valence-electron chi connectivity index (χ1n) is 3.42. The zero-order valence-corrected chi connectivity index (χ0v) is 7.86. The van der Waals surface area contributed by atoms with Gasteiger partial charge in [-0.15, -0.1) is 0 Å². The molecule has 1 heterocycles. The number of aromatic nitrogens is 1. The predicted octanol–water partition coefficient (Wildman–Crippen LogP) is 1.70. The summed E-state index contributed by atoms with van der Waals surface area (Å²) in [5, 5.41) is 0. The van der Waals surface area contributed by atoms with Gasteiger partial charge in [0.15, 0.2) is 0 Å². The molecule has 0 amide bonds. The summed E-state index contributed by atoms with van der Waals surface area (Å²) in [6.45, 7) is 2.18. The molecule has 2 heteroatoms. The molecule has 0 aliphatic rings. The fourth-order valence-electron chi connectivity index (χ4n) is 0.809. The summed E-state index contributed by atoms with van der Waals surface area (Å²) >= 11 is 2.66. The maximum absolute atomic E-state index is 4.04. The van der Waals surface area contributed by atoms with Crippen LogP contribution in [0.2, 0.25) is 0 Å². The van der Waals surface area contributed by atoms with Crippen LogP contribution < -0.4 is 0 Å². The molecule has 0 fully saturated rings. The van der Waals surface area contributed by atoms with Crippen molar-refractivity contribution in [3.05, 3.63) is 30.1 Å². The van der Waals surface area contributed by atoms with E-state index in [4.69, 9.17) is 0 Å². The maximum atomic E-state index is 4.04. The van der Waals surface area contributed by atoms with Crippen molar-refractivity contribution >= 4 is 16.9 Å². The van der Waals surface area contributed by atoms with E-state index in [2.05, 4.69) is 34.8 Å². The summed E-state index contributed by atoms with van der Waals surface area (Å²) in [7, 11) is 0. The molecule has 0 saturated heterocycles. The molecule has 0 spiro atoms. The Bertz CT molecular complexity index is 186. The minimum absolute atomic E-state index is 0.584. The summed E-state index contributed by atoms with van der Waals surface area (Å²) in [6.07, 6.45) is 4.89. The van der Waals surface area contributed by atoms with Crippen molar-refractivity contribution in [2.45, 2.75) is 18.1 Å². The van der Waals surface area contributed by atoms with Crippen LogP contribution in [0.15, 0.2) is 24.5 Å². The second kappa shape index (κ2) is 3.77. The predicted molar refractivity (Wildman–Crippen MR) is 43.0 cm³/mol. The normalized spacial score (nSPS) is 13.0. The van der Waals surface area contributed by atoms with Crippen LogP contribution in [0, 0.1) is 0 Å². The minimum atomic E-state index is 0.584. The Kier molecular flexibility index (Phi) is 2.95. The molecule has 0 aliphatic carbocycles. The van der Waals surface area contributed by atoms with Gasteiger partial charge in [-0.25, -0.2) is 0 Å². The van der Waals surface area contributed by atoms with Crippen LogP contribution in [0.1, 0.15) is 23.6 Å². The summed E-state index contributed by atoms with van der Waals surface area (Å²) in [4.78, 5) is 4.04. The van der Waals surface area contributed by atoms with Crippen LogP contribution in [-0.4, -0.2) is 21.8 Å². The number of hydrogen-bond donors (Lipinski definition) is 0. The molecule has 0 bridgehead atoms. The molecular formula is C8H10AsN. The molecule has 1 unspecified atom stereocenters. The molecule has 1 atom stereocenters. The van der Waals surface area contributed by atoms with Crippen LogP contribution in [0.5, 0.6) is 0 Å². The topological polar surface area (TPSA) is 12.9 Å². The van der Waals surface area contributed by atoms with Crippen molar-refractivity contribution in [1.29, 1.82) is 0 Å². The Labute approximate surface area is 70.4 Å². The molecular weight excluding hydrogens is 185 g/mol. The number of pyridine rings is 1. The fraction of sp³-hybridized carbons (Fsp3) is 0.375. The third-order valence-electron chi connectivity index (χ3n) is 1.46. The quantitative estimate of drug-likeness (QED) is 0.654. The first kappa shape index (κ1) is 7.81. The first-order valence-corrected chi connectivity index (χ1v) is 4.51. The van der Waals surface area contributed by atoms with Gasteiger partial charge in [-0.05, 0) is 0 Å². The van der Waals surface area contributed by atoms with E-state index in [1.165, 1.54) is 5.56 Å². The van der Waals surface area contributed by atoms with Crippen molar-refractivity contribution in [3.8, 4) is 0 Å². The molecule has 1 rings (SSSR count). The van der Waals surface area contributed by atoms with E-state index < -0.39 is 0 Å². The van der Waals surface area contributed by atoms with Crippen LogP contribution in [0.25, 0.3) is 0 Å². The van der Waals surface area contributed by atoms with Gasteiger partial charge in [0, 0.05) is 0 Å². The molecule has 0 N–H and O–H groups in total. The van der Waals surface area contributed by atoms with Crippen LogP contribution in [-0.2, 0) is 0 Å². The van der Waals surface area contributed by atoms with Crippen molar-refractivity contribution in [1.82, 2.24) is 4.98 Å². The van der Waals surface area contributed by atoms with Crippen molar-refractivity contribution in [3.63, 3.8) is 0 Å². The zero-order chi connectivity index (χ0) is 7.40. The van der Waals surface area contributed by atoms with Gasteiger partial charge in [-0.1, -0.05) is 0 Å². The van der Waals surface area contributed by atoms with Gasteiger partial charge >= 0.3 is 70.0 Å². The van der Waals surface area contributed by atoms with Crippen molar-refractivity contribution in [2.75, 3.05) is 0 Å². The molecule has 1 aromatic rings. The van der Waals surface area contributed by atoms with E-state index in [0.29, 0.717) is 4.71 Å². The van der Waals surface area contributed by atoms with Gasteiger partial charge in [0.1, 0.15) is 0 Å². The fourth-order valence-corrected chi connectivity index (χ4v) is 1.13. The Morgan fingerprint density at radius 1 is 1.70 bits per heavy atom. The van der Waals surface area contributed by atoms with Crippen LogP contribution >= 0.6 is 0 Å². The van der Waals surface area contributed by atoms with Crippen LogP contribution in [0.3, 0.4) is 0 Å². The van der Waals surface area contributed by atoms with Gasteiger partial charge in [-0.2, -0.15) is 0 Å². The number of rotatable bonds is 2. The molecule has 2 radical (unpaired) electrons. The van der Waals surface area contributed by atoms with E-state index in [0.717, 1.165) is 6.42 Å². The second-order valence-electron chi connectivity index (χ2n) is 2.21. The van der Waals surface area contributed by atoms with E-state index in [1.807, 2.05) is 12.3 Å². The van der Waals surface area contributed by atoms with E-state index >= 15 is 0 Å². The third-order valence-corrected chi connectivity index (χ3v) is 2.85.